The van der Waals surface area contributed by atoms with Crippen LogP contribution >= 0.6 is 0 Å². The maximum absolute atomic E-state index is 12.1. The molecule has 26 heavy (non-hydrogen) atoms. The second-order valence-corrected chi connectivity index (χ2v) is 5.04. The Morgan fingerprint density at radius 1 is 0.885 bits per heavy atom. The van der Waals surface area contributed by atoms with Gasteiger partial charge in [0.15, 0.2) is 6.61 Å². The molecule has 2 amide bonds. The molecule has 2 aromatic rings. The highest BCUT2D eigenvalue weighted by Gasteiger charge is 2.10. The summed E-state index contributed by atoms with van der Waals surface area (Å²) in [6.07, 6.45) is -0.563. The fraction of sp³-hybridized carbons (Fsp3) is 0.222. The second kappa shape index (κ2) is 9.16. The van der Waals surface area contributed by atoms with Crippen LogP contribution in [0.4, 0.5) is 16.2 Å². The lowest BCUT2D eigenvalue weighted by Crippen LogP contribution is -2.20. The lowest BCUT2D eigenvalue weighted by Gasteiger charge is -2.12. The van der Waals surface area contributed by atoms with Crippen molar-refractivity contribution in [2.45, 2.75) is 0 Å². The van der Waals surface area contributed by atoms with E-state index in [9.17, 15) is 9.59 Å². The Labute approximate surface area is 151 Å². The number of ether oxygens (including phenoxy) is 4. The van der Waals surface area contributed by atoms with Crippen molar-refractivity contribution in [1.29, 1.82) is 0 Å². The Hall–Kier alpha value is -3.42. The average Bonchev–Trinajstić information content (AvgIpc) is 2.67. The lowest BCUT2D eigenvalue weighted by molar-refractivity contribution is -0.118. The summed E-state index contributed by atoms with van der Waals surface area (Å²) in [5.74, 6) is 1.25. The molecule has 2 aromatic carbocycles. The third-order valence-corrected chi connectivity index (χ3v) is 3.34. The summed E-state index contributed by atoms with van der Waals surface area (Å²) in [6.45, 7) is -0.182. The van der Waals surface area contributed by atoms with E-state index in [2.05, 4.69) is 15.4 Å². The van der Waals surface area contributed by atoms with E-state index in [-0.39, 0.29) is 12.5 Å². The van der Waals surface area contributed by atoms with Gasteiger partial charge in [0.1, 0.15) is 17.2 Å². The molecular formula is C18H20N2O6. The monoisotopic (exact) mass is 360 g/mol. The average molecular weight is 360 g/mol. The molecule has 0 radical (unpaired) electrons. The van der Waals surface area contributed by atoms with Crippen LogP contribution in [-0.4, -0.2) is 39.9 Å². The van der Waals surface area contributed by atoms with Gasteiger partial charge in [-0.1, -0.05) is 0 Å². The summed E-state index contributed by atoms with van der Waals surface area (Å²) in [4.78, 5) is 23.2. The quantitative estimate of drug-likeness (QED) is 0.788. The summed E-state index contributed by atoms with van der Waals surface area (Å²) >= 11 is 0. The molecule has 0 aromatic heterocycles. The number of methoxy groups -OCH3 is 3. The molecule has 0 aliphatic heterocycles. The van der Waals surface area contributed by atoms with Crippen LogP contribution in [0.25, 0.3) is 0 Å². The van der Waals surface area contributed by atoms with E-state index in [0.29, 0.717) is 28.6 Å². The summed E-state index contributed by atoms with van der Waals surface area (Å²) in [5.41, 5.74) is 1.07. The minimum Gasteiger partial charge on any atom is -0.497 e. The van der Waals surface area contributed by atoms with Crippen LogP contribution in [0.1, 0.15) is 0 Å². The predicted octanol–water partition coefficient (Wildman–Crippen LogP) is 2.90. The van der Waals surface area contributed by atoms with E-state index in [0.717, 1.165) is 0 Å². The fourth-order valence-electron chi connectivity index (χ4n) is 2.04. The molecule has 0 heterocycles. The summed E-state index contributed by atoms with van der Waals surface area (Å²) < 4.78 is 20.3. The van der Waals surface area contributed by atoms with Gasteiger partial charge in [-0.25, -0.2) is 4.79 Å². The van der Waals surface area contributed by atoms with E-state index in [4.69, 9.17) is 14.2 Å². The molecule has 0 saturated heterocycles. The van der Waals surface area contributed by atoms with Gasteiger partial charge in [0.2, 0.25) is 0 Å². The Kier molecular flexibility index (Phi) is 6.67. The van der Waals surface area contributed by atoms with Crippen LogP contribution in [0.5, 0.6) is 17.2 Å². The number of nitrogens with one attached hydrogen (secondary N) is 2. The van der Waals surface area contributed by atoms with Crippen molar-refractivity contribution in [1.82, 2.24) is 0 Å². The first-order valence-electron chi connectivity index (χ1n) is 7.65. The fourth-order valence-corrected chi connectivity index (χ4v) is 2.04. The smallest absolute Gasteiger partial charge is 0.411 e. The summed E-state index contributed by atoms with van der Waals surface area (Å²) in [7, 11) is 4.33. The number of anilines is 2. The van der Waals surface area contributed by atoms with Gasteiger partial charge in [-0.15, -0.1) is 0 Å². The summed E-state index contributed by atoms with van der Waals surface area (Å²) in [5, 5.41) is 5.23. The molecule has 138 valence electrons. The largest absolute Gasteiger partial charge is 0.497 e. The van der Waals surface area contributed by atoms with Crippen molar-refractivity contribution < 1.29 is 28.5 Å². The first-order valence-corrected chi connectivity index (χ1v) is 7.65. The number of hydrogen-bond donors (Lipinski definition) is 2. The standard InChI is InChI=1S/C18H20N2O6/c1-23-14-8-9-15(16(10-14)24-2)20-17(21)11-26-13-6-4-12(5-7-13)19-18(22)25-3/h4-10H,11H2,1-3H3,(H,19,22)(H,20,21). The highest BCUT2D eigenvalue weighted by atomic mass is 16.5. The highest BCUT2D eigenvalue weighted by molar-refractivity contribution is 5.93. The number of carbonyl (C=O) groups excluding carboxylic acids is 2. The van der Waals surface area contributed by atoms with Crippen LogP contribution < -0.4 is 24.8 Å². The van der Waals surface area contributed by atoms with Crippen LogP contribution in [0.3, 0.4) is 0 Å². The van der Waals surface area contributed by atoms with Crippen molar-refractivity contribution in [3.05, 3.63) is 42.5 Å². The predicted molar refractivity (Wildman–Crippen MR) is 96.1 cm³/mol. The zero-order valence-corrected chi connectivity index (χ0v) is 14.7. The number of amides is 2. The molecule has 0 aliphatic rings. The minimum absolute atomic E-state index is 0.182. The second-order valence-electron chi connectivity index (χ2n) is 5.04. The summed E-state index contributed by atoms with van der Waals surface area (Å²) in [6, 6.07) is 11.6. The van der Waals surface area contributed by atoms with Crippen molar-refractivity contribution in [3.63, 3.8) is 0 Å². The zero-order chi connectivity index (χ0) is 18.9. The third kappa shape index (κ3) is 5.30. The van der Waals surface area contributed by atoms with Gasteiger partial charge in [-0.2, -0.15) is 0 Å². The molecule has 2 N–H and O–H groups in total. The first-order chi connectivity index (χ1) is 12.5. The van der Waals surface area contributed by atoms with E-state index in [1.165, 1.54) is 14.2 Å². The van der Waals surface area contributed by atoms with Crippen molar-refractivity contribution in [3.8, 4) is 17.2 Å². The molecule has 0 spiro atoms. The molecule has 0 unspecified atom stereocenters. The molecular weight excluding hydrogens is 340 g/mol. The van der Waals surface area contributed by atoms with Gasteiger partial charge in [0, 0.05) is 11.8 Å². The molecule has 0 atom stereocenters. The van der Waals surface area contributed by atoms with Crippen LogP contribution in [-0.2, 0) is 9.53 Å². The van der Waals surface area contributed by atoms with Crippen LogP contribution in [0.2, 0.25) is 0 Å². The van der Waals surface area contributed by atoms with Crippen LogP contribution in [0, 0.1) is 0 Å². The van der Waals surface area contributed by atoms with Gasteiger partial charge in [0.05, 0.1) is 27.0 Å². The number of carbonyl (C=O) groups is 2. The molecule has 8 heteroatoms. The van der Waals surface area contributed by atoms with Gasteiger partial charge in [0.25, 0.3) is 5.91 Å². The van der Waals surface area contributed by atoms with Gasteiger partial charge >= 0.3 is 6.09 Å². The zero-order valence-electron chi connectivity index (χ0n) is 14.7. The van der Waals surface area contributed by atoms with Crippen molar-refractivity contribution in [2.75, 3.05) is 38.6 Å². The SMILES string of the molecule is COC(=O)Nc1ccc(OCC(=O)Nc2ccc(OC)cc2OC)cc1. The third-order valence-electron chi connectivity index (χ3n) is 3.34. The van der Waals surface area contributed by atoms with E-state index in [1.54, 1.807) is 49.6 Å². The van der Waals surface area contributed by atoms with Crippen molar-refractivity contribution >= 4 is 23.4 Å². The van der Waals surface area contributed by atoms with Gasteiger partial charge in [-0.3, -0.25) is 10.1 Å². The van der Waals surface area contributed by atoms with Crippen LogP contribution in [0.15, 0.2) is 42.5 Å². The molecule has 0 aliphatic carbocycles. The molecule has 0 fully saturated rings. The first kappa shape index (κ1) is 18.9. The number of rotatable bonds is 7. The Morgan fingerprint density at radius 2 is 1.58 bits per heavy atom. The molecule has 8 nitrogen and oxygen atoms in total. The maximum atomic E-state index is 12.1. The Morgan fingerprint density at radius 3 is 2.19 bits per heavy atom. The normalized spacial score (nSPS) is 9.81. The Bertz CT molecular complexity index is 761. The van der Waals surface area contributed by atoms with Gasteiger partial charge < -0.3 is 24.3 Å². The minimum atomic E-state index is -0.563. The lowest BCUT2D eigenvalue weighted by atomic mass is 10.2. The molecule has 0 bridgehead atoms. The maximum Gasteiger partial charge on any atom is 0.411 e. The van der Waals surface area contributed by atoms with Gasteiger partial charge in [-0.05, 0) is 36.4 Å². The number of benzene rings is 2. The van der Waals surface area contributed by atoms with E-state index < -0.39 is 6.09 Å². The van der Waals surface area contributed by atoms with E-state index >= 15 is 0 Å². The Balaban J connectivity index is 1.90. The highest BCUT2D eigenvalue weighted by Crippen LogP contribution is 2.29. The van der Waals surface area contributed by atoms with Crippen molar-refractivity contribution in [2.24, 2.45) is 0 Å². The molecule has 0 saturated carbocycles. The molecule has 2 rings (SSSR count). The topological polar surface area (TPSA) is 95.1 Å². The van der Waals surface area contributed by atoms with E-state index in [1.807, 2.05) is 0 Å². The number of hydrogen-bond acceptors (Lipinski definition) is 6.